The van der Waals surface area contributed by atoms with Crippen LogP contribution in [0.3, 0.4) is 0 Å². The molecule has 0 saturated heterocycles. The quantitative estimate of drug-likeness (QED) is 0.834. The number of rotatable bonds is 4. The van der Waals surface area contributed by atoms with Gasteiger partial charge in [-0.05, 0) is 18.2 Å². The van der Waals surface area contributed by atoms with Crippen LogP contribution in [0.2, 0.25) is 4.34 Å². The Bertz CT molecular complexity index is 752. The summed E-state index contributed by atoms with van der Waals surface area (Å²) in [7, 11) is -3.53. The molecule has 0 amide bonds. The number of hydrogen-bond donors (Lipinski definition) is 2. The van der Waals surface area contributed by atoms with Crippen LogP contribution in [0.4, 0.5) is 0 Å². The van der Waals surface area contributed by atoms with E-state index in [0.717, 1.165) is 21.8 Å². The molecule has 20 heavy (non-hydrogen) atoms. The Hall–Kier alpha value is -0.880. The second-order valence-electron chi connectivity index (χ2n) is 3.64. The van der Waals surface area contributed by atoms with Gasteiger partial charge in [0.15, 0.2) is 0 Å². The molecule has 106 valence electrons. The van der Waals surface area contributed by atoms with Crippen LogP contribution in [-0.2, 0) is 16.6 Å². The van der Waals surface area contributed by atoms with Crippen LogP contribution in [0.5, 0.6) is 0 Å². The van der Waals surface area contributed by atoms with E-state index in [-0.39, 0.29) is 17.4 Å². The highest BCUT2D eigenvalue weighted by Gasteiger charge is 2.16. The van der Waals surface area contributed by atoms with E-state index in [1.165, 1.54) is 17.4 Å². The second-order valence-corrected chi connectivity index (χ2v) is 8.35. The molecule has 0 aliphatic carbocycles. The summed E-state index contributed by atoms with van der Waals surface area (Å²) < 4.78 is 27.1. The maximum atomic E-state index is 12.0. The molecule has 2 rings (SSSR count). The molecule has 0 fully saturated rings. The monoisotopic (exact) mass is 347 g/mol. The van der Waals surface area contributed by atoms with Crippen molar-refractivity contribution in [3.63, 3.8) is 0 Å². The van der Waals surface area contributed by atoms with Crippen LogP contribution < -0.4 is 4.72 Å². The van der Waals surface area contributed by atoms with Gasteiger partial charge in [0.05, 0.1) is 4.34 Å². The normalized spacial score (nSPS) is 11.1. The summed E-state index contributed by atoms with van der Waals surface area (Å²) in [6.45, 7) is 0.000268. The molecule has 4 nitrogen and oxygen atoms in total. The molecule has 0 radical (unpaired) electrons. The first-order valence-electron chi connectivity index (χ1n) is 5.43. The number of hydrogen-bond acceptors (Lipinski definition) is 5. The van der Waals surface area contributed by atoms with Gasteiger partial charge in [-0.2, -0.15) is 0 Å². The van der Waals surface area contributed by atoms with E-state index in [4.69, 9.17) is 16.7 Å². The van der Waals surface area contributed by atoms with Gasteiger partial charge in [0.1, 0.15) is 10.8 Å². The number of nitrogens with one attached hydrogen (secondary N) is 1. The molecular formula is C12H10ClNO3S3. The van der Waals surface area contributed by atoms with Crippen LogP contribution in [0.25, 0.3) is 0 Å². The first-order chi connectivity index (χ1) is 9.51. The van der Waals surface area contributed by atoms with Crippen molar-refractivity contribution in [2.24, 2.45) is 0 Å². The molecule has 2 heterocycles. The van der Waals surface area contributed by atoms with E-state index >= 15 is 0 Å². The number of aliphatic hydroxyl groups excluding tert-OH is 1. The summed E-state index contributed by atoms with van der Waals surface area (Å²) in [5.41, 5.74) is 0.761. The average Bonchev–Trinajstić information content (AvgIpc) is 3.03. The molecule has 0 unspecified atom stereocenters. The summed E-state index contributed by atoms with van der Waals surface area (Å²) in [4.78, 5) is 0.846. The minimum absolute atomic E-state index is 0.194. The highest BCUT2D eigenvalue weighted by Crippen LogP contribution is 2.25. The summed E-state index contributed by atoms with van der Waals surface area (Å²) >= 11 is 8.15. The van der Waals surface area contributed by atoms with Gasteiger partial charge >= 0.3 is 0 Å². The maximum Gasteiger partial charge on any atom is 0.250 e. The first-order valence-corrected chi connectivity index (χ1v) is 8.99. The fourth-order valence-electron chi connectivity index (χ4n) is 1.36. The fraction of sp³-hybridized carbons (Fsp3) is 0.167. The van der Waals surface area contributed by atoms with Gasteiger partial charge in [-0.3, -0.25) is 0 Å². The SMILES string of the molecule is O=S(=O)(NCc1cc(C#CCO)cs1)c1ccc(Cl)s1. The van der Waals surface area contributed by atoms with Crippen molar-refractivity contribution in [2.45, 2.75) is 10.8 Å². The van der Waals surface area contributed by atoms with Crippen LogP contribution >= 0.6 is 34.3 Å². The third kappa shape index (κ3) is 4.06. The minimum atomic E-state index is -3.53. The van der Waals surface area contributed by atoms with Crippen LogP contribution in [0.1, 0.15) is 10.4 Å². The molecule has 0 aromatic carbocycles. The van der Waals surface area contributed by atoms with Crippen molar-refractivity contribution >= 4 is 44.3 Å². The van der Waals surface area contributed by atoms with Gasteiger partial charge in [-0.1, -0.05) is 23.4 Å². The Morgan fingerprint density at radius 2 is 2.20 bits per heavy atom. The summed E-state index contributed by atoms with van der Waals surface area (Å²) in [6, 6.07) is 4.81. The first kappa shape index (κ1) is 15.5. The zero-order valence-electron chi connectivity index (χ0n) is 10.1. The van der Waals surface area contributed by atoms with Gasteiger partial charge in [0.25, 0.3) is 0 Å². The van der Waals surface area contributed by atoms with Crippen molar-refractivity contribution < 1.29 is 13.5 Å². The van der Waals surface area contributed by atoms with Crippen molar-refractivity contribution in [2.75, 3.05) is 6.61 Å². The van der Waals surface area contributed by atoms with E-state index in [0.29, 0.717) is 4.34 Å². The van der Waals surface area contributed by atoms with Crippen molar-refractivity contribution in [1.29, 1.82) is 0 Å². The predicted octanol–water partition coefficient (Wildman–Crippen LogP) is 2.29. The standard InChI is InChI=1S/C12H10ClNO3S3/c13-11-3-4-12(19-11)20(16,17)14-7-10-6-9(8-18-10)2-1-5-15/h3-4,6,8,14-15H,5,7H2. The number of sulfonamides is 1. The third-order valence-corrected chi connectivity index (χ3v) is 6.28. The molecule has 0 aliphatic heterocycles. The molecule has 8 heteroatoms. The minimum Gasteiger partial charge on any atom is -0.384 e. The second kappa shape index (κ2) is 6.72. The zero-order valence-corrected chi connectivity index (χ0v) is 13.3. The van der Waals surface area contributed by atoms with Gasteiger partial charge < -0.3 is 5.11 Å². The Morgan fingerprint density at radius 1 is 1.40 bits per heavy atom. The van der Waals surface area contributed by atoms with E-state index in [1.54, 1.807) is 12.1 Å². The largest absolute Gasteiger partial charge is 0.384 e. The Labute approximate surface area is 130 Å². The molecule has 0 saturated carbocycles. The lowest BCUT2D eigenvalue weighted by Crippen LogP contribution is -2.21. The van der Waals surface area contributed by atoms with Crippen molar-refractivity contribution in [1.82, 2.24) is 4.72 Å². The summed E-state index contributed by atoms with van der Waals surface area (Å²) in [5, 5.41) is 10.4. The lowest BCUT2D eigenvalue weighted by atomic mass is 10.3. The van der Waals surface area contributed by atoms with E-state index in [1.807, 2.05) is 5.38 Å². The zero-order chi connectivity index (χ0) is 14.6. The highest BCUT2D eigenvalue weighted by atomic mass is 35.5. The third-order valence-electron chi connectivity index (χ3n) is 2.22. The van der Waals surface area contributed by atoms with Crippen molar-refractivity contribution in [3.8, 4) is 11.8 Å². The van der Waals surface area contributed by atoms with Crippen molar-refractivity contribution in [3.05, 3.63) is 38.4 Å². The Balaban J connectivity index is 2.03. The predicted molar refractivity (Wildman–Crippen MR) is 81.6 cm³/mol. The topological polar surface area (TPSA) is 66.4 Å². The van der Waals surface area contributed by atoms with Gasteiger partial charge in [-0.25, -0.2) is 13.1 Å². The molecule has 2 N–H and O–H groups in total. The van der Waals surface area contributed by atoms with E-state index in [9.17, 15) is 8.42 Å². The lowest BCUT2D eigenvalue weighted by Gasteiger charge is -2.02. The van der Waals surface area contributed by atoms with Gasteiger partial charge in [-0.15, -0.1) is 22.7 Å². The molecule has 0 atom stereocenters. The highest BCUT2D eigenvalue weighted by molar-refractivity contribution is 7.91. The molecule has 0 spiro atoms. The number of halogens is 1. The number of thiophene rings is 2. The average molecular weight is 348 g/mol. The molecular weight excluding hydrogens is 338 g/mol. The van der Waals surface area contributed by atoms with Crippen LogP contribution in [0.15, 0.2) is 27.8 Å². The molecule has 0 bridgehead atoms. The van der Waals surface area contributed by atoms with Gasteiger partial charge in [0.2, 0.25) is 10.0 Å². The maximum absolute atomic E-state index is 12.0. The summed E-state index contributed by atoms with van der Waals surface area (Å²) in [5.74, 6) is 5.30. The Morgan fingerprint density at radius 3 is 2.85 bits per heavy atom. The van der Waals surface area contributed by atoms with E-state index in [2.05, 4.69) is 16.6 Å². The summed E-state index contributed by atoms with van der Waals surface area (Å²) in [6.07, 6.45) is 0. The smallest absolute Gasteiger partial charge is 0.250 e. The molecule has 2 aromatic heterocycles. The van der Waals surface area contributed by atoms with Gasteiger partial charge in [0, 0.05) is 22.4 Å². The van der Waals surface area contributed by atoms with Crippen LogP contribution in [0, 0.1) is 11.8 Å². The van der Waals surface area contributed by atoms with Crippen LogP contribution in [-0.4, -0.2) is 20.1 Å². The Kier molecular flexibility index (Phi) is 5.21. The molecule has 2 aromatic rings. The fourth-order valence-corrected chi connectivity index (χ4v) is 4.74. The van der Waals surface area contributed by atoms with E-state index < -0.39 is 10.0 Å². The lowest BCUT2D eigenvalue weighted by molar-refractivity contribution is 0.350. The molecule has 0 aliphatic rings. The number of aliphatic hydroxyl groups is 1.